The maximum atomic E-state index is 10.7. The van der Waals surface area contributed by atoms with Crippen LogP contribution in [-0.2, 0) is 0 Å². The molecule has 0 bridgehead atoms. The summed E-state index contributed by atoms with van der Waals surface area (Å²) in [6.45, 7) is 4.11. The molecule has 0 spiro atoms. The number of hydrogen-bond acceptors (Lipinski definition) is 2. The van der Waals surface area contributed by atoms with E-state index in [0.717, 1.165) is 11.3 Å². The van der Waals surface area contributed by atoms with Crippen LogP contribution in [0.5, 0.6) is 0 Å². The van der Waals surface area contributed by atoms with Gasteiger partial charge >= 0.3 is 5.97 Å². The highest BCUT2D eigenvalue weighted by atomic mass is 16.4. The molecule has 0 unspecified atom stereocenters. The highest BCUT2D eigenvalue weighted by Gasteiger charge is 2.37. The van der Waals surface area contributed by atoms with Gasteiger partial charge in [0, 0.05) is 11.2 Å². The number of nitrogens with one attached hydrogen (secondary N) is 1. The van der Waals surface area contributed by atoms with Crippen molar-refractivity contribution in [3.05, 3.63) is 29.3 Å². The first kappa shape index (κ1) is 10.0. The molecule has 1 aliphatic carbocycles. The van der Waals surface area contributed by atoms with Gasteiger partial charge in [0.2, 0.25) is 0 Å². The van der Waals surface area contributed by atoms with Crippen LogP contribution in [0.4, 0.5) is 5.69 Å². The van der Waals surface area contributed by atoms with Crippen LogP contribution < -0.4 is 5.32 Å². The summed E-state index contributed by atoms with van der Waals surface area (Å²) < 4.78 is 0. The third kappa shape index (κ3) is 2.12. The Kier molecular flexibility index (Phi) is 2.18. The maximum absolute atomic E-state index is 10.7. The fourth-order valence-electron chi connectivity index (χ4n) is 1.57. The molecule has 1 aromatic rings. The van der Waals surface area contributed by atoms with Gasteiger partial charge in [-0.25, -0.2) is 4.79 Å². The Bertz CT molecular complexity index is 408. The fraction of sp³-hybridized carbons (Fsp3) is 0.417. The first-order valence-electron chi connectivity index (χ1n) is 5.12. The Hall–Kier alpha value is -1.51. The lowest BCUT2D eigenvalue weighted by atomic mass is 10.1. The molecule has 2 rings (SSSR count). The highest BCUT2D eigenvalue weighted by Crippen LogP contribution is 2.38. The number of carboxylic acids is 1. The van der Waals surface area contributed by atoms with Crippen LogP contribution in [-0.4, -0.2) is 16.6 Å². The normalized spacial score (nSPS) is 17.2. The minimum absolute atomic E-state index is 0.232. The van der Waals surface area contributed by atoms with Crippen LogP contribution in [0.15, 0.2) is 18.2 Å². The van der Waals surface area contributed by atoms with Gasteiger partial charge in [-0.1, -0.05) is 0 Å². The van der Waals surface area contributed by atoms with Crippen molar-refractivity contribution in [2.75, 3.05) is 5.32 Å². The Labute approximate surface area is 89.1 Å². The number of hydrogen-bond donors (Lipinski definition) is 2. The molecule has 0 aliphatic heterocycles. The van der Waals surface area contributed by atoms with E-state index >= 15 is 0 Å². The predicted octanol–water partition coefficient (Wildman–Crippen LogP) is 2.66. The first-order chi connectivity index (χ1) is 7.00. The van der Waals surface area contributed by atoms with E-state index in [4.69, 9.17) is 5.11 Å². The average molecular weight is 205 g/mol. The summed E-state index contributed by atoms with van der Waals surface area (Å²) >= 11 is 0. The number of benzene rings is 1. The second-order valence-electron chi connectivity index (χ2n) is 4.52. The van der Waals surface area contributed by atoms with E-state index in [1.54, 1.807) is 12.1 Å². The van der Waals surface area contributed by atoms with Crippen molar-refractivity contribution >= 4 is 11.7 Å². The number of rotatable bonds is 3. The van der Waals surface area contributed by atoms with Gasteiger partial charge in [0.25, 0.3) is 0 Å². The van der Waals surface area contributed by atoms with Crippen molar-refractivity contribution in [1.29, 1.82) is 0 Å². The Morgan fingerprint density at radius 2 is 2.13 bits per heavy atom. The van der Waals surface area contributed by atoms with E-state index in [2.05, 4.69) is 12.2 Å². The van der Waals surface area contributed by atoms with E-state index < -0.39 is 5.97 Å². The Morgan fingerprint density at radius 1 is 1.47 bits per heavy atom. The van der Waals surface area contributed by atoms with Crippen LogP contribution >= 0.6 is 0 Å². The third-order valence-corrected chi connectivity index (χ3v) is 2.91. The topological polar surface area (TPSA) is 49.3 Å². The lowest BCUT2D eigenvalue weighted by molar-refractivity contribution is 0.0697. The molecule has 1 fully saturated rings. The summed E-state index contributed by atoms with van der Waals surface area (Å²) in [4.78, 5) is 10.7. The zero-order valence-electron chi connectivity index (χ0n) is 9.00. The van der Waals surface area contributed by atoms with E-state index in [9.17, 15) is 4.79 Å². The zero-order valence-corrected chi connectivity index (χ0v) is 9.00. The molecule has 0 saturated heterocycles. The van der Waals surface area contributed by atoms with Gasteiger partial charge in [0.05, 0.1) is 5.56 Å². The minimum Gasteiger partial charge on any atom is -0.478 e. The number of carbonyl (C=O) groups is 1. The van der Waals surface area contributed by atoms with Crippen molar-refractivity contribution in [3.63, 3.8) is 0 Å². The van der Waals surface area contributed by atoms with Crippen LogP contribution in [0, 0.1) is 6.92 Å². The smallest absolute Gasteiger partial charge is 0.335 e. The van der Waals surface area contributed by atoms with Crippen LogP contribution in [0.3, 0.4) is 0 Å². The van der Waals surface area contributed by atoms with Gasteiger partial charge in [-0.3, -0.25) is 0 Å². The van der Waals surface area contributed by atoms with Gasteiger partial charge < -0.3 is 10.4 Å². The number of anilines is 1. The summed E-state index contributed by atoms with van der Waals surface area (Å²) in [6, 6.07) is 5.20. The number of aromatic carboxylic acids is 1. The monoisotopic (exact) mass is 205 g/mol. The Balaban J connectivity index is 2.22. The Morgan fingerprint density at radius 3 is 2.60 bits per heavy atom. The third-order valence-electron chi connectivity index (χ3n) is 2.91. The molecule has 15 heavy (non-hydrogen) atoms. The van der Waals surface area contributed by atoms with Crippen molar-refractivity contribution in [2.45, 2.75) is 32.2 Å². The van der Waals surface area contributed by atoms with Crippen molar-refractivity contribution in [3.8, 4) is 0 Å². The molecule has 0 heterocycles. The molecular formula is C12H15NO2. The largest absolute Gasteiger partial charge is 0.478 e. The lowest BCUT2D eigenvalue weighted by Crippen LogP contribution is -2.16. The molecule has 2 N–H and O–H groups in total. The predicted molar refractivity (Wildman–Crippen MR) is 59.4 cm³/mol. The van der Waals surface area contributed by atoms with Crippen LogP contribution in [0.1, 0.15) is 35.7 Å². The van der Waals surface area contributed by atoms with Crippen LogP contribution in [0.2, 0.25) is 0 Å². The zero-order chi connectivity index (χ0) is 11.1. The van der Waals surface area contributed by atoms with Gasteiger partial charge in [0.15, 0.2) is 0 Å². The lowest BCUT2D eigenvalue weighted by Gasteiger charge is -2.15. The van der Waals surface area contributed by atoms with Gasteiger partial charge in [0.1, 0.15) is 0 Å². The summed E-state index contributed by atoms with van der Waals surface area (Å²) in [6.07, 6.45) is 2.38. The maximum Gasteiger partial charge on any atom is 0.335 e. The van der Waals surface area contributed by atoms with E-state index in [1.165, 1.54) is 12.8 Å². The first-order valence-corrected chi connectivity index (χ1v) is 5.12. The van der Waals surface area contributed by atoms with Gasteiger partial charge in [-0.15, -0.1) is 0 Å². The van der Waals surface area contributed by atoms with E-state index in [0.29, 0.717) is 5.56 Å². The second-order valence-corrected chi connectivity index (χ2v) is 4.52. The molecule has 3 nitrogen and oxygen atoms in total. The summed E-state index contributed by atoms with van der Waals surface area (Å²) in [5.41, 5.74) is 2.61. The molecule has 0 amide bonds. The van der Waals surface area contributed by atoms with Crippen molar-refractivity contribution < 1.29 is 9.90 Å². The SMILES string of the molecule is Cc1cc(C(=O)O)ccc1NC1(C)CC1. The summed E-state index contributed by atoms with van der Waals surface area (Å²) in [5, 5.41) is 12.3. The molecular weight excluding hydrogens is 190 g/mol. The standard InChI is InChI=1S/C12H15NO2/c1-8-7-9(11(14)15)3-4-10(8)13-12(2)5-6-12/h3-4,7,13H,5-6H2,1-2H3,(H,14,15). The highest BCUT2D eigenvalue weighted by molar-refractivity contribution is 5.88. The molecule has 80 valence electrons. The quantitative estimate of drug-likeness (QED) is 0.797. The average Bonchev–Trinajstić information content (AvgIpc) is 2.87. The molecule has 0 atom stereocenters. The fourth-order valence-corrected chi connectivity index (χ4v) is 1.57. The van der Waals surface area contributed by atoms with E-state index in [-0.39, 0.29) is 5.54 Å². The van der Waals surface area contributed by atoms with Crippen molar-refractivity contribution in [2.24, 2.45) is 0 Å². The van der Waals surface area contributed by atoms with Gasteiger partial charge in [-0.05, 0) is 50.5 Å². The molecule has 3 heteroatoms. The molecule has 1 aromatic carbocycles. The van der Waals surface area contributed by atoms with E-state index in [1.807, 2.05) is 13.0 Å². The van der Waals surface area contributed by atoms with Gasteiger partial charge in [-0.2, -0.15) is 0 Å². The number of carboxylic acid groups (broad SMARTS) is 1. The molecule has 0 radical (unpaired) electrons. The summed E-state index contributed by atoms with van der Waals surface area (Å²) in [5.74, 6) is -0.873. The van der Waals surface area contributed by atoms with Crippen LogP contribution in [0.25, 0.3) is 0 Å². The van der Waals surface area contributed by atoms with Crippen molar-refractivity contribution in [1.82, 2.24) is 0 Å². The summed E-state index contributed by atoms with van der Waals surface area (Å²) in [7, 11) is 0. The molecule has 1 aliphatic rings. The molecule has 0 aromatic heterocycles. The second kappa shape index (κ2) is 3.26. The molecule has 1 saturated carbocycles. The number of aryl methyl sites for hydroxylation is 1. The minimum atomic E-state index is -0.873.